The minimum atomic E-state index is -3.59. The van der Waals surface area contributed by atoms with E-state index in [1.54, 1.807) is 62.3 Å². The van der Waals surface area contributed by atoms with E-state index < -0.39 is 26.8 Å². The average molecular weight is 617 g/mol. The molecular weight excluding hydrogens is 580 g/mol. The van der Waals surface area contributed by atoms with Gasteiger partial charge in [-0.1, -0.05) is 24.3 Å². The molecule has 2 amide bonds. The molecule has 0 unspecified atom stereocenters. The van der Waals surface area contributed by atoms with Crippen molar-refractivity contribution in [3.8, 4) is 0 Å². The van der Waals surface area contributed by atoms with Crippen LogP contribution in [0.1, 0.15) is 44.7 Å². The first-order chi connectivity index (χ1) is 21.0. The van der Waals surface area contributed by atoms with E-state index in [1.807, 2.05) is 42.6 Å². The predicted octanol–water partition coefficient (Wildman–Crippen LogP) is 5.16. The number of nitrogens with zero attached hydrogens (tertiary/aromatic N) is 3. The topological polar surface area (TPSA) is 146 Å². The van der Waals surface area contributed by atoms with Crippen LogP contribution in [0.3, 0.4) is 0 Å². The van der Waals surface area contributed by atoms with Crippen LogP contribution in [0.4, 0.5) is 16.4 Å². The summed E-state index contributed by atoms with van der Waals surface area (Å²) in [6.45, 7) is 5.61. The smallest absolute Gasteiger partial charge is 0.408 e. The molecule has 1 fully saturated rings. The van der Waals surface area contributed by atoms with Gasteiger partial charge in [-0.05, 0) is 75.6 Å². The molecular formula is C32H36N6O5S. The number of carbonyl (C=O) groups excluding carboxylic acids is 2. The predicted molar refractivity (Wildman–Crippen MR) is 170 cm³/mol. The van der Waals surface area contributed by atoms with E-state index in [-0.39, 0.29) is 17.3 Å². The molecule has 0 spiro atoms. The van der Waals surface area contributed by atoms with Gasteiger partial charge in [0.2, 0.25) is 11.9 Å². The van der Waals surface area contributed by atoms with Crippen molar-refractivity contribution in [1.29, 1.82) is 0 Å². The maximum Gasteiger partial charge on any atom is 0.408 e. The number of amides is 2. The second kappa shape index (κ2) is 12.9. The van der Waals surface area contributed by atoms with Gasteiger partial charge in [0.15, 0.2) is 9.84 Å². The highest BCUT2D eigenvalue weighted by Gasteiger charge is 2.33. The molecule has 44 heavy (non-hydrogen) atoms. The molecule has 0 aliphatic carbocycles. The van der Waals surface area contributed by atoms with Crippen LogP contribution in [0.15, 0.2) is 72.0 Å². The number of piperidine rings is 1. The molecule has 1 aliphatic heterocycles. The molecule has 1 saturated heterocycles. The van der Waals surface area contributed by atoms with Gasteiger partial charge in [-0.15, -0.1) is 0 Å². The number of aromatic amines is 1. The average Bonchev–Trinajstić information content (AvgIpc) is 3.49. The van der Waals surface area contributed by atoms with Crippen molar-refractivity contribution in [2.75, 3.05) is 25.0 Å². The van der Waals surface area contributed by atoms with Gasteiger partial charge in [0.05, 0.1) is 10.1 Å². The normalized spacial score (nSPS) is 14.6. The number of hydrogen-bond donors (Lipinski definition) is 3. The fourth-order valence-electron chi connectivity index (χ4n) is 4.97. The van der Waals surface area contributed by atoms with E-state index in [0.29, 0.717) is 37.6 Å². The summed E-state index contributed by atoms with van der Waals surface area (Å²) in [5.74, 6) is 0.117. The molecule has 3 heterocycles. The molecule has 0 radical (unpaired) electrons. The summed E-state index contributed by atoms with van der Waals surface area (Å²) in [5, 5.41) is 6.10. The minimum absolute atomic E-state index is 0.199. The summed E-state index contributed by atoms with van der Waals surface area (Å²) in [7, 11) is -3.59. The van der Waals surface area contributed by atoms with Crippen LogP contribution in [0.2, 0.25) is 0 Å². The number of ether oxygens (including phenoxy) is 1. The molecule has 12 heteroatoms. The first-order valence-electron chi connectivity index (χ1n) is 14.4. The number of hydrogen-bond acceptors (Lipinski definition) is 8. The Labute approximate surface area is 256 Å². The molecule has 1 aliphatic rings. The Bertz CT molecular complexity index is 1750. The third kappa shape index (κ3) is 7.62. The monoisotopic (exact) mass is 616 g/mol. The standard InChI is InChI=1S/C32H36N6O5S/c1-32(2,3)43-31(40)36-21-29(39)38-17-14-26(15-18-38)44(41,42)25-11-9-24(10-12-25)37-30-34-19-22(20-35-30)7-8-23-5-4-6-28-27(23)13-16-33-28/h4-13,16,19-20,26,33H,14-15,17-18,21H2,1-3H3,(H,36,40)(H,34,35,37)/b8-7+. The molecule has 0 bridgehead atoms. The van der Waals surface area contributed by atoms with Crippen LogP contribution in [0.5, 0.6) is 0 Å². The van der Waals surface area contributed by atoms with Crippen molar-refractivity contribution in [1.82, 2.24) is 25.2 Å². The zero-order valence-electron chi connectivity index (χ0n) is 24.9. The summed E-state index contributed by atoms with van der Waals surface area (Å²) in [6.07, 6.45) is 9.28. The van der Waals surface area contributed by atoms with Crippen molar-refractivity contribution in [3.63, 3.8) is 0 Å². The quantitative estimate of drug-likeness (QED) is 0.246. The zero-order valence-corrected chi connectivity index (χ0v) is 25.7. The van der Waals surface area contributed by atoms with Crippen LogP contribution in [-0.4, -0.2) is 70.8 Å². The molecule has 0 saturated carbocycles. The maximum atomic E-state index is 13.3. The lowest BCUT2D eigenvalue weighted by Crippen LogP contribution is -2.47. The van der Waals surface area contributed by atoms with E-state index in [9.17, 15) is 18.0 Å². The van der Waals surface area contributed by atoms with E-state index >= 15 is 0 Å². The van der Waals surface area contributed by atoms with Crippen LogP contribution >= 0.6 is 0 Å². The van der Waals surface area contributed by atoms with Crippen LogP contribution in [0.25, 0.3) is 23.1 Å². The Hall–Kier alpha value is -4.71. The third-order valence-electron chi connectivity index (χ3n) is 7.21. The summed E-state index contributed by atoms with van der Waals surface area (Å²) < 4.78 is 31.8. The SMILES string of the molecule is CC(C)(C)OC(=O)NCC(=O)N1CCC(S(=O)(=O)c2ccc(Nc3ncc(/C=C/c4cccc5[nH]ccc45)cn3)cc2)CC1. The Morgan fingerprint density at radius 1 is 1.02 bits per heavy atom. The lowest BCUT2D eigenvalue weighted by Gasteiger charge is -2.32. The first kappa shape index (κ1) is 30.7. The highest BCUT2D eigenvalue weighted by atomic mass is 32.2. The number of alkyl carbamates (subject to hydrolysis) is 1. The third-order valence-corrected chi connectivity index (χ3v) is 9.49. The molecule has 4 aromatic rings. The Morgan fingerprint density at radius 2 is 1.73 bits per heavy atom. The number of benzene rings is 2. The summed E-state index contributed by atoms with van der Waals surface area (Å²) in [6, 6.07) is 14.6. The van der Waals surface area contributed by atoms with Gasteiger partial charge >= 0.3 is 6.09 Å². The second-order valence-corrected chi connectivity index (χ2v) is 13.8. The molecule has 11 nitrogen and oxygen atoms in total. The number of fused-ring (bicyclic) bond motifs is 1. The highest BCUT2D eigenvalue weighted by molar-refractivity contribution is 7.92. The van der Waals surface area contributed by atoms with Gasteiger partial charge < -0.3 is 25.3 Å². The lowest BCUT2D eigenvalue weighted by atomic mass is 10.1. The van der Waals surface area contributed by atoms with Crippen molar-refractivity contribution in [3.05, 3.63) is 78.2 Å². The number of rotatable bonds is 8. The number of sulfone groups is 1. The van der Waals surface area contributed by atoms with Crippen LogP contribution < -0.4 is 10.6 Å². The molecule has 230 valence electrons. The van der Waals surface area contributed by atoms with Gasteiger partial charge in [0.25, 0.3) is 0 Å². The molecule has 5 rings (SSSR count). The van der Waals surface area contributed by atoms with Crippen molar-refractivity contribution >= 4 is 56.5 Å². The fraction of sp³-hybridized carbons (Fsp3) is 0.312. The van der Waals surface area contributed by atoms with Gasteiger partial charge in [-0.2, -0.15) is 0 Å². The van der Waals surface area contributed by atoms with Crippen molar-refractivity contribution < 1.29 is 22.7 Å². The van der Waals surface area contributed by atoms with Gasteiger partial charge in [0, 0.05) is 53.8 Å². The number of H-pyrrole nitrogens is 1. The summed E-state index contributed by atoms with van der Waals surface area (Å²) >= 11 is 0. The molecule has 3 N–H and O–H groups in total. The van der Waals surface area contributed by atoms with Crippen molar-refractivity contribution in [2.45, 2.75) is 49.4 Å². The highest BCUT2D eigenvalue weighted by Crippen LogP contribution is 2.26. The van der Waals surface area contributed by atoms with Gasteiger partial charge in [-0.3, -0.25) is 4.79 Å². The summed E-state index contributed by atoms with van der Waals surface area (Å²) in [5.41, 5.74) is 3.00. The number of carbonyl (C=O) groups is 2. The van der Waals surface area contributed by atoms with Gasteiger partial charge in [-0.25, -0.2) is 23.2 Å². The maximum absolute atomic E-state index is 13.3. The fourth-order valence-corrected chi connectivity index (χ4v) is 6.70. The van der Waals surface area contributed by atoms with Crippen LogP contribution in [-0.2, 0) is 19.4 Å². The number of anilines is 2. The second-order valence-electron chi connectivity index (χ2n) is 11.6. The number of nitrogens with one attached hydrogen (secondary N) is 3. The number of aromatic nitrogens is 3. The molecule has 2 aromatic heterocycles. The van der Waals surface area contributed by atoms with Crippen LogP contribution in [0, 0.1) is 0 Å². The number of likely N-dealkylation sites (tertiary alicyclic amines) is 1. The Morgan fingerprint density at radius 3 is 2.41 bits per heavy atom. The van der Waals surface area contributed by atoms with E-state index in [4.69, 9.17) is 4.74 Å². The lowest BCUT2D eigenvalue weighted by molar-refractivity contribution is -0.131. The molecule has 0 atom stereocenters. The largest absolute Gasteiger partial charge is 0.444 e. The Kier molecular flexibility index (Phi) is 9.00. The van der Waals surface area contributed by atoms with Gasteiger partial charge in [0.1, 0.15) is 12.1 Å². The van der Waals surface area contributed by atoms with E-state index in [0.717, 1.165) is 22.0 Å². The molecule has 2 aromatic carbocycles. The van der Waals surface area contributed by atoms with E-state index in [2.05, 4.69) is 25.6 Å². The first-order valence-corrected chi connectivity index (χ1v) is 15.9. The zero-order chi connectivity index (χ0) is 31.3. The Balaban J connectivity index is 1.12. The minimum Gasteiger partial charge on any atom is -0.444 e. The summed E-state index contributed by atoms with van der Waals surface area (Å²) in [4.78, 5) is 38.1. The van der Waals surface area contributed by atoms with E-state index in [1.165, 1.54) is 0 Å². The van der Waals surface area contributed by atoms with Crippen molar-refractivity contribution in [2.24, 2.45) is 0 Å².